The molecule has 0 bridgehead atoms. The number of carbonyl (C=O) groups excluding carboxylic acids is 2. The minimum atomic E-state index is -0.915. The first kappa shape index (κ1) is 19.4. The van der Waals surface area contributed by atoms with Crippen LogP contribution in [0.2, 0.25) is 5.02 Å². The Balaban J connectivity index is 1.86. The summed E-state index contributed by atoms with van der Waals surface area (Å²) in [5.41, 5.74) is 1.67. The van der Waals surface area contributed by atoms with Crippen LogP contribution in [0.5, 0.6) is 0 Å². The van der Waals surface area contributed by atoms with Crippen LogP contribution in [0.15, 0.2) is 48.5 Å². The van der Waals surface area contributed by atoms with Gasteiger partial charge in [-0.3, -0.25) is 9.59 Å². The van der Waals surface area contributed by atoms with Crippen LogP contribution in [0.4, 0.5) is 0 Å². The molecule has 27 heavy (non-hydrogen) atoms. The summed E-state index contributed by atoms with van der Waals surface area (Å²) < 4.78 is 0. The number of benzene rings is 2. The fourth-order valence-corrected chi connectivity index (χ4v) is 3.67. The number of hydrogen-bond acceptors (Lipinski definition) is 2. The van der Waals surface area contributed by atoms with Crippen molar-refractivity contribution < 1.29 is 9.59 Å². The second-order valence-electron chi connectivity index (χ2n) is 7.73. The molecule has 5 heteroatoms. The summed E-state index contributed by atoms with van der Waals surface area (Å²) in [4.78, 5) is 28.0. The highest BCUT2D eigenvalue weighted by atomic mass is 35.5. The predicted octanol–water partition coefficient (Wildman–Crippen LogP) is 4.07. The lowest BCUT2D eigenvalue weighted by atomic mass is 9.82. The number of fused-ring (bicyclic) bond motifs is 1. The normalized spacial score (nSPS) is 19.1. The molecule has 0 radical (unpaired) electrons. The first-order valence-corrected chi connectivity index (χ1v) is 9.61. The Morgan fingerprint density at radius 3 is 2.52 bits per heavy atom. The Morgan fingerprint density at radius 2 is 1.85 bits per heavy atom. The van der Waals surface area contributed by atoms with E-state index in [0.29, 0.717) is 30.1 Å². The molecule has 0 aliphatic carbocycles. The molecule has 3 rings (SSSR count). The maximum atomic E-state index is 13.2. The van der Waals surface area contributed by atoms with Gasteiger partial charge < -0.3 is 10.2 Å². The van der Waals surface area contributed by atoms with E-state index in [9.17, 15) is 9.59 Å². The number of nitrogens with one attached hydrogen (secondary N) is 1. The Kier molecular flexibility index (Phi) is 5.56. The third kappa shape index (κ3) is 4.01. The van der Waals surface area contributed by atoms with E-state index in [4.69, 9.17) is 11.6 Å². The summed E-state index contributed by atoms with van der Waals surface area (Å²) in [5, 5.41) is 3.67. The summed E-state index contributed by atoms with van der Waals surface area (Å²) in [6.45, 7) is 6.91. The Morgan fingerprint density at radius 1 is 1.19 bits per heavy atom. The zero-order valence-corrected chi connectivity index (χ0v) is 16.7. The summed E-state index contributed by atoms with van der Waals surface area (Å²) in [5.74, 6) is 0.0539. The van der Waals surface area contributed by atoms with Crippen LogP contribution in [-0.2, 0) is 17.8 Å². The van der Waals surface area contributed by atoms with Crippen LogP contribution in [-0.4, -0.2) is 28.8 Å². The number of hydrogen-bond donors (Lipinski definition) is 1. The quantitative estimate of drug-likeness (QED) is 0.844. The van der Waals surface area contributed by atoms with Crippen molar-refractivity contribution in [2.75, 3.05) is 6.54 Å². The average molecular weight is 385 g/mol. The summed E-state index contributed by atoms with van der Waals surface area (Å²) in [6.07, 6.45) is 0.508. The molecule has 2 aromatic rings. The molecule has 0 saturated heterocycles. The molecule has 0 unspecified atom stereocenters. The van der Waals surface area contributed by atoms with Crippen molar-refractivity contribution in [3.63, 3.8) is 0 Å². The van der Waals surface area contributed by atoms with Gasteiger partial charge in [-0.05, 0) is 42.2 Å². The molecule has 0 spiro atoms. The largest absolute Gasteiger partial charge is 0.350 e. The number of rotatable bonds is 5. The maximum absolute atomic E-state index is 13.2. The van der Waals surface area contributed by atoms with Gasteiger partial charge in [0, 0.05) is 30.1 Å². The molecule has 1 aliphatic rings. The van der Waals surface area contributed by atoms with E-state index in [1.54, 1.807) is 17.0 Å². The number of carbonyl (C=O) groups is 2. The minimum Gasteiger partial charge on any atom is -0.350 e. The molecule has 1 N–H and O–H groups in total. The second-order valence-corrected chi connectivity index (χ2v) is 8.16. The summed E-state index contributed by atoms with van der Waals surface area (Å²) >= 11 is 5.92. The fraction of sp³-hybridized carbons (Fsp3) is 0.364. The van der Waals surface area contributed by atoms with Crippen LogP contribution in [0.1, 0.15) is 42.3 Å². The van der Waals surface area contributed by atoms with Crippen molar-refractivity contribution in [2.24, 2.45) is 5.92 Å². The number of nitrogens with zero attached hydrogens (tertiary/aromatic N) is 1. The van der Waals surface area contributed by atoms with Crippen molar-refractivity contribution in [2.45, 2.75) is 39.3 Å². The zero-order chi connectivity index (χ0) is 19.6. The van der Waals surface area contributed by atoms with Gasteiger partial charge in [0.2, 0.25) is 5.91 Å². The lowest BCUT2D eigenvalue weighted by molar-refractivity contribution is -0.132. The lowest BCUT2D eigenvalue weighted by Crippen LogP contribution is -2.63. The summed E-state index contributed by atoms with van der Waals surface area (Å²) in [7, 11) is 0. The Bertz CT molecular complexity index is 848. The van der Waals surface area contributed by atoms with Crippen molar-refractivity contribution in [3.8, 4) is 0 Å². The van der Waals surface area contributed by atoms with Crippen molar-refractivity contribution >= 4 is 23.4 Å². The molecule has 0 fully saturated rings. The molecule has 2 aromatic carbocycles. The smallest absolute Gasteiger partial charge is 0.255 e. The van der Waals surface area contributed by atoms with Gasteiger partial charge in [-0.25, -0.2) is 0 Å². The van der Waals surface area contributed by atoms with Gasteiger partial charge in [-0.1, -0.05) is 55.8 Å². The van der Waals surface area contributed by atoms with Gasteiger partial charge in [0.1, 0.15) is 5.54 Å². The van der Waals surface area contributed by atoms with Gasteiger partial charge in [-0.15, -0.1) is 0 Å². The molecule has 0 aromatic heterocycles. The molecular formula is C22H25ClN2O2. The van der Waals surface area contributed by atoms with Crippen LogP contribution in [0.3, 0.4) is 0 Å². The highest BCUT2D eigenvalue weighted by molar-refractivity contribution is 6.30. The SMILES string of the molecule is CC(C)CN1C(=O)c2ccccc2C[C@]1(C)C(=O)NCc1ccc(Cl)cc1. The van der Waals surface area contributed by atoms with Crippen molar-refractivity contribution in [3.05, 3.63) is 70.2 Å². The van der Waals surface area contributed by atoms with Gasteiger partial charge in [0.15, 0.2) is 0 Å². The molecule has 1 atom stereocenters. The average Bonchev–Trinajstić information content (AvgIpc) is 2.64. The maximum Gasteiger partial charge on any atom is 0.255 e. The Hall–Kier alpha value is -2.33. The van der Waals surface area contributed by atoms with Crippen LogP contribution < -0.4 is 5.32 Å². The second kappa shape index (κ2) is 7.73. The first-order valence-electron chi connectivity index (χ1n) is 9.24. The Labute approximate surface area is 165 Å². The molecule has 0 saturated carbocycles. The van der Waals surface area contributed by atoms with Gasteiger partial charge in [0.05, 0.1) is 0 Å². The van der Waals surface area contributed by atoms with E-state index in [0.717, 1.165) is 11.1 Å². The third-order valence-corrected chi connectivity index (χ3v) is 5.28. The van der Waals surface area contributed by atoms with Crippen molar-refractivity contribution in [1.82, 2.24) is 10.2 Å². The van der Waals surface area contributed by atoms with Gasteiger partial charge in [0.25, 0.3) is 5.91 Å². The number of halogens is 1. The molecule has 142 valence electrons. The van der Waals surface area contributed by atoms with Crippen LogP contribution >= 0.6 is 11.6 Å². The lowest BCUT2D eigenvalue weighted by Gasteiger charge is -2.44. The topological polar surface area (TPSA) is 49.4 Å². The van der Waals surface area contributed by atoms with Gasteiger partial charge in [-0.2, -0.15) is 0 Å². The minimum absolute atomic E-state index is 0.0744. The van der Waals surface area contributed by atoms with Gasteiger partial charge >= 0.3 is 0 Å². The fourth-order valence-electron chi connectivity index (χ4n) is 3.55. The predicted molar refractivity (Wildman–Crippen MR) is 108 cm³/mol. The standard InChI is InChI=1S/C22H25ClN2O2/c1-15(2)14-25-20(26)19-7-5-4-6-17(19)12-22(25,3)21(27)24-13-16-8-10-18(23)11-9-16/h4-11,15H,12-14H2,1-3H3,(H,24,27)/t22-/m1/s1. The van der Waals surface area contributed by atoms with E-state index in [2.05, 4.69) is 19.2 Å². The molecule has 2 amide bonds. The van der Waals surface area contributed by atoms with E-state index >= 15 is 0 Å². The van der Waals surface area contributed by atoms with E-state index < -0.39 is 5.54 Å². The van der Waals surface area contributed by atoms with Crippen molar-refractivity contribution in [1.29, 1.82) is 0 Å². The highest BCUT2D eigenvalue weighted by Gasteiger charge is 2.46. The highest BCUT2D eigenvalue weighted by Crippen LogP contribution is 2.32. The van der Waals surface area contributed by atoms with E-state index in [1.807, 2.05) is 43.3 Å². The zero-order valence-electron chi connectivity index (χ0n) is 16.0. The molecular weight excluding hydrogens is 360 g/mol. The summed E-state index contributed by atoms with van der Waals surface area (Å²) in [6, 6.07) is 14.9. The first-order chi connectivity index (χ1) is 12.8. The van der Waals surface area contributed by atoms with E-state index in [-0.39, 0.29) is 17.7 Å². The molecule has 1 aliphatic heterocycles. The number of amides is 2. The van der Waals surface area contributed by atoms with Crippen LogP contribution in [0, 0.1) is 5.92 Å². The third-order valence-electron chi connectivity index (χ3n) is 5.03. The molecule has 1 heterocycles. The van der Waals surface area contributed by atoms with Crippen LogP contribution in [0.25, 0.3) is 0 Å². The van der Waals surface area contributed by atoms with E-state index in [1.165, 1.54) is 0 Å². The molecule has 4 nitrogen and oxygen atoms in total. The monoisotopic (exact) mass is 384 g/mol.